The molecule has 2 aliphatic heterocycles. The highest BCUT2D eigenvalue weighted by Gasteiger charge is 2.57. The van der Waals surface area contributed by atoms with Crippen LogP contribution in [-0.2, 0) is 4.79 Å². The Morgan fingerprint density at radius 2 is 1.80 bits per heavy atom. The fraction of sp³-hybridized carbons (Fsp3) is 0.367. The second kappa shape index (κ2) is 12.2. The Morgan fingerprint density at radius 3 is 2.41 bits per heavy atom. The molecule has 3 heterocycles. The number of piperidine rings is 1. The highest BCUT2D eigenvalue weighted by molar-refractivity contribution is 6.30. The zero-order valence-electron chi connectivity index (χ0n) is 22.6. The number of nitrogens with one attached hydrogen (secondary N) is 1. The van der Waals surface area contributed by atoms with Crippen molar-refractivity contribution in [1.82, 2.24) is 20.2 Å². The van der Waals surface area contributed by atoms with Crippen molar-refractivity contribution in [3.05, 3.63) is 82.9 Å². The van der Waals surface area contributed by atoms with E-state index in [0.29, 0.717) is 49.0 Å². The van der Waals surface area contributed by atoms with E-state index in [-0.39, 0.29) is 36.5 Å². The summed E-state index contributed by atoms with van der Waals surface area (Å²) in [6.45, 7) is 3.93. The van der Waals surface area contributed by atoms with Gasteiger partial charge in [-0.2, -0.15) is 5.26 Å². The number of benzene rings is 2. The summed E-state index contributed by atoms with van der Waals surface area (Å²) in [4.78, 5) is 40.5. The van der Waals surface area contributed by atoms with Gasteiger partial charge in [-0.15, -0.1) is 0 Å². The smallest absolute Gasteiger partial charge is 0.410 e. The molecular formula is C30H30ClFN6O3. The van der Waals surface area contributed by atoms with Gasteiger partial charge in [0, 0.05) is 49.6 Å². The minimum atomic E-state index is -1.21. The lowest BCUT2D eigenvalue weighted by molar-refractivity contribution is -0.134. The lowest BCUT2D eigenvalue weighted by Gasteiger charge is -2.45. The molecule has 2 saturated heterocycles. The molecule has 0 spiro atoms. The highest BCUT2D eigenvalue weighted by Crippen LogP contribution is 2.42. The van der Waals surface area contributed by atoms with Gasteiger partial charge < -0.3 is 15.0 Å². The van der Waals surface area contributed by atoms with Gasteiger partial charge in [0.2, 0.25) is 5.95 Å². The quantitative estimate of drug-likeness (QED) is 0.435. The van der Waals surface area contributed by atoms with Gasteiger partial charge in [-0.3, -0.25) is 9.69 Å². The maximum Gasteiger partial charge on any atom is 0.416 e. The number of Topliss-reactive ketones (excluding diaryl/α,β-unsaturated/α-hetero) is 1. The van der Waals surface area contributed by atoms with Crippen LogP contribution in [0.3, 0.4) is 0 Å². The Kier molecular flexibility index (Phi) is 8.47. The van der Waals surface area contributed by atoms with Crippen molar-refractivity contribution in [2.45, 2.75) is 31.2 Å². The molecule has 2 aliphatic rings. The van der Waals surface area contributed by atoms with Crippen LogP contribution in [0.2, 0.25) is 5.02 Å². The molecule has 0 aliphatic carbocycles. The van der Waals surface area contributed by atoms with Gasteiger partial charge in [-0.1, -0.05) is 23.7 Å². The van der Waals surface area contributed by atoms with Gasteiger partial charge in [0.25, 0.3) is 0 Å². The average molecular weight is 577 g/mol. The summed E-state index contributed by atoms with van der Waals surface area (Å²) in [6.07, 6.45) is 3.42. The second-order valence-electron chi connectivity index (χ2n) is 10.2. The summed E-state index contributed by atoms with van der Waals surface area (Å²) in [5.74, 6) is -0.406. The minimum absolute atomic E-state index is 0.0271. The van der Waals surface area contributed by atoms with E-state index in [0.717, 1.165) is 5.56 Å². The van der Waals surface area contributed by atoms with Crippen LogP contribution in [0.5, 0.6) is 5.75 Å². The maximum atomic E-state index is 14.7. The monoisotopic (exact) mass is 576 g/mol. The number of ketones is 1. The number of carbonyl (C=O) groups is 2. The van der Waals surface area contributed by atoms with Crippen LogP contribution in [-0.4, -0.2) is 65.0 Å². The molecule has 11 heteroatoms. The molecule has 1 amide bonds. The van der Waals surface area contributed by atoms with Crippen molar-refractivity contribution in [3.63, 3.8) is 0 Å². The van der Waals surface area contributed by atoms with Gasteiger partial charge in [0.1, 0.15) is 23.2 Å². The van der Waals surface area contributed by atoms with Crippen LogP contribution in [0.15, 0.2) is 60.9 Å². The fourth-order valence-corrected chi connectivity index (χ4v) is 6.06. The predicted octanol–water partition coefficient (Wildman–Crippen LogP) is 4.57. The summed E-state index contributed by atoms with van der Waals surface area (Å²) >= 11 is 6.17. The SMILES string of the molecule is CCN(C(=O)Oc1ccc(F)cc1)[C@@]1(C(=O)C2CCN(c3ncc(C#N)cn3)CC2)CNC[C@@H]1c1ccc(Cl)cc1. The Balaban J connectivity index is 1.44. The molecule has 3 aromatic rings. The molecule has 1 aromatic heterocycles. The number of hydrogen-bond acceptors (Lipinski definition) is 8. The Morgan fingerprint density at radius 1 is 1.15 bits per heavy atom. The maximum absolute atomic E-state index is 14.7. The molecule has 41 heavy (non-hydrogen) atoms. The molecule has 1 N–H and O–H groups in total. The topological polar surface area (TPSA) is 111 Å². The van der Waals surface area contributed by atoms with E-state index in [9.17, 15) is 14.0 Å². The molecule has 9 nitrogen and oxygen atoms in total. The average Bonchev–Trinajstić information content (AvgIpc) is 3.44. The largest absolute Gasteiger partial charge is 0.416 e. The number of amides is 1. The number of rotatable bonds is 7. The van der Waals surface area contributed by atoms with Crippen molar-refractivity contribution in [2.75, 3.05) is 37.6 Å². The van der Waals surface area contributed by atoms with Crippen molar-refractivity contribution in [1.29, 1.82) is 5.26 Å². The summed E-state index contributed by atoms with van der Waals surface area (Å²) in [7, 11) is 0. The van der Waals surface area contributed by atoms with Crippen LogP contribution in [0, 0.1) is 23.1 Å². The standard InChI is InChI=1S/C30H30ClFN6O3/c1-2-38(29(40)41-25-9-7-24(32)8-10-25)30(19-34-18-26(30)21-3-5-23(31)6-4-21)27(39)22-11-13-37(14-12-22)28-35-16-20(15-33)17-36-28/h3-10,16-17,22,26,34H,2,11-14,18-19H2,1H3/t26-,30+/m1/s1. The van der Waals surface area contributed by atoms with Gasteiger partial charge in [0.15, 0.2) is 5.78 Å². The van der Waals surface area contributed by atoms with E-state index in [4.69, 9.17) is 21.6 Å². The van der Waals surface area contributed by atoms with Crippen molar-refractivity contribution < 1.29 is 18.7 Å². The third-order valence-corrected chi connectivity index (χ3v) is 8.22. The van der Waals surface area contributed by atoms with E-state index in [2.05, 4.69) is 15.3 Å². The molecule has 2 atom stereocenters. The first kappa shape index (κ1) is 28.5. The Bertz CT molecular complexity index is 1420. The van der Waals surface area contributed by atoms with E-state index in [1.54, 1.807) is 12.1 Å². The first-order valence-corrected chi connectivity index (χ1v) is 14.0. The molecule has 2 fully saturated rings. The number of nitriles is 1. The summed E-state index contributed by atoms with van der Waals surface area (Å²) in [6, 6.07) is 14.6. The summed E-state index contributed by atoms with van der Waals surface area (Å²) in [5.41, 5.74) is 0.0661. The van der Waals surface area contributed by atoms with Gasteiger partial charge in [-0.25, -0.2) is 19.2 Å². The number of anilines is 1. The van der Waals surface area contributed by atoms with Gasteiger partial charge >= 0.3 is 6.09 Å². The van der Waals surface area contributed by atoms with Crippen LogP contribution in [0.1, 0.15) is 36.8 Å². The zero-order chi connectivity index (χ0) is 29.0. The van der Waals surface area contributed by atoms with Crippen LogP contribution < -0.4 is 15.0 Å². The predicted molar refractivity (Wildman–Crippen MR) is 151 cm³/mol. The molecule has 0 unspecified atom stereocenters. The molecular weight excluding hydrogens is 547 g/mol. The molecule has 5 rings (SSSR count). The number of nitrogens with zero attached hydrogens (tertiary/aromatic N) is 5. The van der Waals surface area contributed by atoms with Gasteiger partial charge in [0.05, 0.1) is 18.0 Å². The van der Waals surface area contributed by atoms with E-state index in [1.165, 1.54) is 41.6 Å². The summed E-state index contributed by atoms with van der Waals surface area (Å²) < 4.78 is 19.1. The zero-order valence-corrected chi connectivity index (χ0v) is 23.4. The van der Waals surface area contributed by atoms with Crippen LogP contribution >= 0.6 is 11.6 Å². The molecule has 0 bridgehead atoms. The van der Waals surface area contributed by atoms with Crippen molar-refractivity contribution in [2.24, 2.45) is 5.92 Å². The normalized spacial score (nSPS) is 20.8. The molecule has 212 valence electrons. The first-order chi connectivity index (χ1) is 19.8. The van der Waals surface area contributed by atoms with E-state index >= 15 is 0 Å². The Hall–Kier alpha value is -4.07. The number of carbonyl (C=O) groups excluding carboxylic acids is 2. The molecule has 0 radical (unpaired) electrons. The number of ether oxygens (including phenoxy) is 1. The minimum Gasteiger partial charge on any atom is -0.410 e. The highest BCUT2D eigenvalue weighted by atomic mass is 35.5. The van der Waals surface area contributed by atoms with Crippen molar-refractivity contribution >= 4 is 29.4 Å². The number of likely N-dealkylation sites (N-methyl/N-ethyl adjacent to an activating group) is 1. The summed E-state index contributed by atoms with van der Waals surface area (Å²) in [5, 5.41) is 13.0. The third kappa shape index (κ3) is 5.73. The Labute approximate surface area is 242 Å². The fourth-order valence-electron chi connectivity index (χ4n) is 5.93. The number of hydrogen-bond donors (Lipinski definition) is 1. The van der Waals surface area contributed by atoms with E-state index in [1.807, 2.05) is 30.0 Å². The van der Waals surface area contributed by atoms with Crippen molar-refractivity contribution in [3.8, 4) is 11.8 Å². The number of halogens is 2. The van der Waals surface area contributed by atoms with Gasteiger partial charge in [-0.05, 0) is 61.7 Å². The number of aromatic nitrogens is 2. The molecule has 0 saturated carbocycles. The van der Waals surface area contributed by atoms with E-state index < -0.39 is 17.4 Å². The lowest BCUT2D eigenvalue weighted by atomic mass is 9.72. The van der Waals surface area contributed by atoms with Crippen LogP contribution in [0.4, 0.5) is 15.1 Å². The second-order valence-corrected chi connectivity index (χ2v) is 10.7. The lowest BCUT2D eigenvalue weighted by Crippen LogP contribution is -2.64. The third-order valence-electron chi connectivity index (χ3n) is 7.97. The first-order valence-electron chi connectivity index (χ1n) is 13.6. The van der Waals surface area contributed by atoms with Crippen LogP contribution in [0.25, 0.3) is 0 Å². The molecule has 2 aromatic carbocycles.